The van der Waals surface area contributed by atoms with E-state index in [2.05, 4.69) is 31.5 Å². The lowest BCUT2D eigenvalue weighted by molar-refractivity contribution is -0.0281. The fourth-order valence-electron chi connectivity index (χ4n) is 3.17. The Hall–Kier alpha value is -2.49. The van der Waals surface area contributed by atoms with E-state index in [4.69, 9.17) is 4.74 Å². The normalized spacial score (nSPS) is 18.6. The number of ether oxygens (including phenoxy) is 1. The lowest BCUT2D eigenvalue weighted by atomic mass is 10.1. The monoisotopic (exact) mass is 388 g/mol. The van der Waals surface area contributed by atoms with Gasteiger partial charge in [-0.1, -0.05) is 25.1 Å². The Balaban J connectivity index is 1.53. The van der Waals surface area contributed by atoms with Gasteiger partial charge in [-0.05, 0) is 46.7 Å². The zero-order chi connectivity index (χ0) is 18.9. The van der Waals surface area contributed by atoms with Crippen molar-refractivity contribution in [3.8, 4) is 0 Å². The molecule has 4 rings (SSSR count). The van der Waals surface area contributed by atoms with Gasteiger partial charge in [-0.3, -0.25) is 9.62 Å². The lowest BCUT2D eigenvalue weighted by Gasteiger charge is -2.32. The van der Waals surface area contributed by atoms with E-state index in [0.717, 1.165) is 25.2 Å². The van der Waals surface area contributed by atoms with E-state index in [1.165, 1.54) is 6.07 Å². The molecule has 3 aromatic rings. The number of fused-ring (bicyclic) bond motifs is 1. The van der Waals surface area contributed by atoms with Gasteiger partial charge in [0.2, 0.25) is 0 Å². The molecule has 142 valence electrons. The number of morpholine rings is 1. The molecule has 2 aromatic carbocycles. The number of benzene rings is 2. The van der Waals surface area contributed by atoms with Gasteiger partial charge in [0, 0.05) is 18.8 Å². The Kier molecular flexibility index (Phi) is 4.81. The number of anilines is 1. The van der Waals surface area contributed by atoms with Crippen molar-refractivity contribution in [2.75, 3.05) is 31.0 Å². The van der Waals surface area contributed by atoms with Gasteiger partial charge in [0.1, 0.15) is 10.4 Å². The van der Waals surface area contributed by atoms with Crippen molar-refractivity contribution in [3.63, 3.8) is 0 Å². The number of aromatic nitrogens is 2. The smallest absolute Gasteiger partial charge is 0.264 e. The molecule has 0 amide bonds. The van der Waals surface area contributed by atoms with Gasteiger partial charge in [-0.25, -0.2) is 13.0 Å². The third-order valence-electron chi connectivity index (χ3n) is 4.67. The highest BCUT2D eigenvalue weighted by Gasteiger charge is 2.22. The van der Waals surface area contributed by atoms with Gasteiger partial charge < -0.3 is 4.74 Å². The van der Waals surface area contributed by atoms with Gasteiger partial charge in [-0.2, -0.15) is 0 Å². The minimum Gasteiger partial charge on any atom is -0.371 e. The Morgan fingerprint density at radius 1 is 1.19 bits per heavy atom. The van der Waals surface area contributed by atoms with Gasteiger partial charge in [-0.15, -0.1) is 0 Å². The average Bonchev–Trinajstić information content (AvgIpc) is 3.17. The summed E-state index contributed by atoms with van der Waals surface area (Å²) in [5, 5.41) is 7.37. The average molecular weight is 388 g/mol. The van der Waals surface area contributed by atoms with Crippen LogP contribution in [0.3, 0.4) is 0 Å². The quantitative estimate of drug-likeness (QED) is 0.717. The molecule has 1 unspecified atom stereocenters. The van der Waals surface area contributed by atoms with Crippen LogP contribution in [0.2, 0.25) is 0 Å². The van der Waals surface area contributed by atoms with Crippen molar-refractivity contribution in [3.05, 3.63) is 48.0 Å². The molecule has 0 bridgehead atoms. The van der Waals surface area contributed by atoms with Crippen molar-refractivity contribution in [2.45, 2.75) is 17.9 Å². The highest BCUT2D eigenvalue weighted by atomic mass is 32.2. The predicted octanol–water partition coefficient (Wildman–Crippen LogP) is 2.42. The van der Waals surface area contributed by atoms with Gasteiger partial charge >= 0.3 is 0 Å². The highest BCUT2D eigenvalue weighted by Crippen LogP contribution is 2.26. The molecule has 8 nitrogen and oxygen atoms in total. The standard InChI is InChI=1S/C18H20N4O4S/c1-2-22-10-11-25-16(12-22)13-6-8-14(9-7-13)21-27(23,24)17-5-3-4-15-18(17)20-26-19-15/h3-9,16,21H,2,10-12H2,1H3. The van der Waals surface area contributed by atoms with Crippen molar-refractivity contribution >= 4 is 26.7 Å². The van der Waals surface area contributed by atoms with E-state index in [1.54, 1.807) is 24.3 Å². The van der Waals surface area contributed by atoms with Crippen LogP contribution in [0.1, 0.15) is 18.6 Å². The Morgan fingerprint density at radius 3 is 2.78 bits per heavy atom. The van der Waals surface area contributed by atoms with E-state index in [9.17, 15) is 8.42 Å². The molecular formula is C18H20N4O4S. The first-order chi connectivity index (χ1) is 13.1. The number of nitrogens with zero attached hydrogens (tertiary/aromatic N) is 3. The first-order valence-electron chi connectivity index (χ1n) is 8.75. The number of likely N-dealkylation sites (N-methyl/N-ethyl adjacent to an activating group) is 1. The first kappa shape index (κ1) is 17.9. The fourth-order valence-corrected chi connectivity index (χ4v) is 4.38. The van der Waals surface area contributed by atoms with Crippen LogP contribution in [0, 0.1) is 0 Å². The maximum Gasteiger partial charge on any atom is 0.264 e. The van der Waals surface area contributed by atoms with Crippen molar-refractivity contribution in [2.24, 2.45) is 0 Å². The van der Waals surface area contributed by atoms with E-state index in [1.807, 2.05) is 12.1 Å². The third kappa shape index (κ3) is 3.66. The second-order valence-electron chi connectivity index (χ2n) is 6.37. The summed E-state index contributed by atoms with van der Waals surface area (Å²) in [6.45, 7) is 5.59. The largest absolute Gasteiger partial charge is 0.371 e. The third-order valence-corrected chi connectivity index (χ3v) is 6.08. The van der Waals surface area contributed by atoms with Crippen LogP contribution in [0.5, 0.6) is 0 Å². The molecule has 27 heavy (non-hydrogen) atoms. The summed E-state index contributed by atoms with van der Waals surface area (Å²) in [6, 6.07) is 12.0. The minimum atomic E-state index is -3.81. The molecule has 2 heterocycles. The number of sulfonamides is 1. The van der Waals surface area contributed by atoms with Crippen LogP contribution >= 0.6 is 0 Å². The molecule has 9 heteroatoms. The summed E-state index contributed by atoms with van der Waals surface area (Å²) >= 11 is 0. The molecule has 1 aromatic heterocycles. The summed E-state index contributed by atoms with van der Waals surface area (Å²) in [5.41, 5.74) is 2.09. The second-order valence-corrected chi connectivity index (χ2v) is 8.02. The molecule has 0 aliphatic carbocycles. The van der Waals surface area contributed by atoms with E-state index < -0.39 is 10.0 Å². The first-order valence-corrected chi connectivity index (χ1v) is 10.2. The zero-order valence-corrected chi connectivity index (χ0v) is 15.6. The molecule has 0 spiro atoms. The summed E-state index contributed by atoms with van der Waals surface area (Å²) in [7, 11) is -3.81. The van der Waals surface area contributed by atoms with E-state index >= 15 is 0 Å². The van der Waals surface area contributed by atoms with Crippen LogP contribution in [0.25, 0.3) is 11.0 Å². The number of nitrogens with one attached hydrogen (secondary N) is 1. The lowest BCUT2D eigenvalue weighted by Crippen LogP contribution is -2.38. The molecule has 0 radical (unpaired) electrons. The molecular weight excluding hydrogens is 368 g/mol. The van der Waals surface area contributed by atoms with Crippen molar-refractivity contribution in [1.82, 2.24) is 15.2 Å². The van der Waals surface area contributed by atoms with Crippen LogP contribution in [0.15, 0.2) is 52.0 Å². The second kappa shape index (κ2) is 7.26. The van der Waals surface area contributed by atoms with Crippen molar-refractivity contribution in [1.29, 1.82) is 0 Å². The van der Waals surface area contributed by atoms with Crippen LogP contribution < -0.4 is 4.72 Å². The molecule has 1 atom stereocenters. The molecule has 1 fully saturated rings. The predicted molar refractivity (Wildman–Crippen MR) is 99.9 cm³/mol. The Morgan fingerprint density at radius 2 is 2.00 bits per heavy atom. The van der Waals surface area contributed by atoms with Crippen LogP contribution in [-0.2, 0) is 14.8 Å². The molecule has 1 aliphatic rings. The number of hydrogen-bond acceptors (Lipinski definition) is 7. The Bertz CT molecular complexity index is 1030. The maximum atomic E-state index is 12.7. The van der Waals surface area contributed by atoms with E-state index in [0.29, 0.717) is 17.8 Å². The van der Waals surface area contributed by atoms with Crippen LogP contribution in [-0.4, -0.2) is 49.9 Å². The summed E-state index contributed by atoms with van der Waals surface area (Å²) in [4.78, 5) is 2.36. The zero-order valence-electron chi connectivity index (χ0n) is 14.8. The summed E-state index contributed by atoms with van der Waals surface area (Å²) in [6.07, 6.45) is -0.000639. The maximum absolute atomic E-state index is 12.7. The summed E-state index contributed by atoms with van der Waals surface area (Å²) < 4.78 is 38.5. The van der Waals surface area contributed by atoms with Gasteiger partial charge in [0.25, 0.3) is 10.0 Å². The topological polar surface area (TPSA) is 97.6 Å². The number of hydrogen-bond donors (Lipinski definition) is 1. The van der Waals surface area contributed by atoms with Crippen molar-refractivity contribution < 1.29 is 17.8 Å². The van der Waals surface area contributed by atoms with Crippen LogP contribution in [0.4, 0.5) is 5.69 Å². The highest BCUT2D eigenvalue weighted by molar-refractivity contribution is 7.93. The SMILES string of the molecule is CCN1CCOC(c2ccc(NS(=O)(=O)c3cccc4nonc34)cc2)C1. The fraction of sp³-hybridized carbons (Fsp3) is 0.333. The molecule has 1 aliphatic heterocycles. The molecule has 0 saturated carbocycles. The molecule has 1 N–H and O–H groups in total. The number of rotatable bonds is 5. The summed E-state index contributed by atoms with van der Waals surface area (Å²) in [5.74, 6) is 0. The van der Waals surface area contributed by atoms with Gasteiger partial charge in [0.05, 0.1) is 12.7 Å². The Labute approximate surface area is 157 Å². The minimum absolute atomic E-state index is 0.000639. The van der Waals surface area contributed by atoms with Gasteiger partial charge in [0.15, 0.2) is 5.52 Å². The molecule has 1 saturated heterocycles. The van der Waals surface area contributed by atoms with E-state index in [-0.39, 0.29) is 16.5 Å².